The first-order valence-corrected chi connectivity index (χ1v) is 6.73. The molecule has 1 aromatic rings. The van der Waals surface area contributed by atoms with E-state index in [1.165, 1.54) is 11.8 Å². The molecule has 0 unspecified atom stereocenters. The topological polar surface area (TPSA) is 77.1 Å². The molecule has 0 fully saturated rings. The van der Waals surface area contributed by atoms with Crippen molar-refractivity contribution < 1.29 is 14.7 Å². The average molecular weight is 270 g/mol. The summed E-state index contributed by atoms with van der Waals surface area (Å²) in [5.74, 6) is 0.676. The van der Waals surface area contributed by atoms with E-state index >= 15 is 0 Å². The van der Waals surface area contributed by atoms with Crippen LogP contribution in [0.15, 0.2) is 28.3 Å². The SMILES string of the molecule is COCCCOc1cccc(SC)c1/C(N)=N/O. The first-order valence-electron chi connectivity index (χ1n) is 5.51. The van der Waals surface area contributed by atoms with Crippen LogP contribution in [0.25, 0.3) is 0 Å². The number of hydrogen-bond donors (Lipinski definition) is 2. The Morgan fingerprint density at radius 1 is 1.44 bits per heavy atom. The maximum atomic E-state index is 8.82. The number of ether oxygens (including phenoxy) is 2. The molecule has 1 aromatic carbocycles. The Balaban J connectivity index is 2.89. The highest BCUT2D eigenvalue weighted by atomic mass is 32.2. The molecular formula is C12H18N2O3S. The molecule has 6 heteroatoms. The molecule has 0 aromatic heterocycles. The molecule has 0 heterocycles. The molecule has 0 atom stereocenters. The fraction of sp³-hybridized carbons (Fsp3) is 0.417. The molecule has 3 N–H and O–H groups in total. The van der Waals surface area contributed by atoms with Gasteiger partial charge in [-0.05, 0) is 18.4 Å². The minimum atomic E-state index is 0.0571. The Bertz CT molecular complexity index is 410. The van der Waals surface area contributed by atoms with Crippen LogP contribution in [0.4, 0.5) is 0 Å². The van der Waals surface area contributed by atoms with Gasteiger partial charge in [-0.25, -0.2) is 0 Å². The highest BCUT2D eigenvalue weighted by molar-refractivity contribution is 7.98. The second-order valence-electron chi connectivity index (χ2n) is 3.51. The number of rotatable bonds is 7. The van der Waals surface area contributed by atoms with Gasteiger partial charge in [0.2, 0.25) is 0 Å². The van der Waals surface area contributed by atoms with Crippen LogP contribution in [-0.2, 0) is 4.74 Å². The second kappa shape index (κ2) is 7.84. The summed E-state index contributed by atoms with van der Waals surface area (Å²) in [7, 11) is 1.65. The van der Waals surface area contributed by atoms with E-state index in [9.17, 15) is 0 Å². The minimum absolute atomic E-state index is 0.0571. The van der Waals surface area contributed by atoms with E-state index in [1.807, 2.05) is 18.4 Å². The average Bonchev–Trinajstić information content (AvgIpc) is 2.42. The number of thioether (sulfide) groups is 1. The van der Waals surface area contributed by atoms with Gasteiger partial charge in [-0.3, -0.25) is 0 Å². The third-order valence-corrected chi connectivity index (χ3v) is 3.10. The lowest BCUT2D eigenvalue weighted by molar-refractivity contribution is 0.172. The summed E-state index contributed by atoms with van der Waals surface area (Å²) in [5, 5.41) is 11.9. The normalized spacial score (nSPS) is 11.6. The molecule has 0 aliphatic heterocycles. The van der Waals surface area contributed by atoms with Gasteiger partial charge in [0.1, 0.15) is 5.75 Å². The standard InChI is InChI=1S/C12H18N2O3S/c1-16-7-4-8-17-9-5-3-6-10(18-2)11(9)12(13)14-15/h3,5-6,15H,4,7-8H2,1-2H3,(H2,13,14). The van der Waals surface area contributed by atoms with Gasteiger partial charge >= 0.3 is 0 Å². The van der Waals surface area contributed by atoms with Crippen molar-refractivity contribution in [1.29, 1.82) is 0 Å². The molecule has 0 aliphatic carbocycles. The third-order valence-electron chi connectivity index (χ3n) is 2.32. The van der Waals surface area contributed by atoms with E-state index < -0.39 is 0 Å². The third kappa shape index (κ3) is 3.82. The Morgan fingerprint density at radius 3 is 2.83 bits per heavy atom. The van der Waals surface area contributed by atoms with Crippen molar-refractivity contribution >= 4 is 17.6 Å². The summed E-state index contributed by atoms with van der Waals surface area (Å²) >= 11 is 1.52. The van der Waals surface area contributed by atoms with Crippen LogP contribution < -0.4 is 10.5 Å². The largest absolute Gasteiger partial charge is 0.493 e. The first-order chi connectivity index (χ1) is 8.74. The lowest BCUT2D eigenvalue weighted by atomic mass is 10.2. The molecule has 1 rings (SSSR count). The summed E-state index contributed by atoms with van der Waals surface area (Å²) in [6, 6.07) is 5.59. The summed E-state index contributed by atoms with van der Waals surface area (Å²) in [6.45, 7) is 1.17. The van der Waals surface area contributed by atoms with Crippen molar-refractivity contribution in [3.63, 3.8) is 0 Å². The Kier molecular flexibility index (Phi) is 6.38. The zero-order valence-corrected chi connectivity index (χ0v) is 11.4. The predicted octanol–water partition coefficient (Wildman–Crippen LogP) is 1.92. The fourth-order valence-electron chi connectivity index (χ4n) is 1.49. The summed E-state index contributed by atoms with van der Waals surface area (Å²) < 4.78 is 10.6. The summed E-state index contributed by atoms with van der Waals surface area (Å²) in [4.78, 5) is 0.912. The van der Waals surface area contributed by atoms with Gasteiger partial charge in [-0.15, -0.1) is 11.8 Å². The number of oxime groups is 1. The van der Waals surface area contributed by atoms with Gasteiger partial charge in [0.25, 0.3) is 0 Å². The van der Waals surface area contributed by atoms with Crippen molar-refractivity contribution in [3.8, 4) is 5.75 Å². The zero-order chi connectivity index (χ0) is 13.4. The molecular weight excluding hydrogens is 252 g/mol. The monoisotopic (exact) mass is 270 g/mol. The molecule has 0 aliphatic rings. The van der Waals surface area contributed by atoms with Gasteiger partial charge in [-0.2, -0.15) is 0 Å². The maximum absolute atomic E-state index is 8.82. The number of benzene rings is 1. The van der Waals surface area contributed by atoms with Crippen molar-refractivity contribution in [2.45, 2.75) is 11.3 Å². The molecule has 100 valence electrons. The quantitative estimate of drug-likeness (QED) is 0.198. The number of nitrogens with two attached hydrogens (primary N) is 1. The molecule has 0 saturated carbocycles. The Labute approximate surface area is 111 Å². The van der Waals surface area contributed by atoms with Gasteiger partial charge in [-0.1, -0.05) is 11.2 Å². The fourth-order valence-corrected chi connectivity index (χ4v) is 2.11. The van der Waals surface area contributed by atoms with Gasteiger partial charge in [0.15, 0.2) is 5.84 Å². The van der Waals surface area contributed by atoms with Crippen LogP contribution in [0.3, 0.4) is 0 Å². The molecule has 0 radical (unpaired) electrons. The van der Waals surface area contributed by atoms with Crippen LogP contribution in [0.2, 0.25) is 0 Å². The molecule has 0 bridgehead atoms. The van der Waals surface area contributed by atoms with Gasteiger partial charge < -0.3 is 20.4 Å². The maximum Gasteiger partial charge on any atom is 0.174 e. The minimum Gasteiger partial charge on any atom is -0.493 e. The Hall–Kier alpha value is -1.40. The van der Waals surface area contributed by atoms with E-state index in [0.29, 0.717) is 24.5 Å². The van der Waals surface area contributed by atoms with E-state index in [0.717, 1.165) is 11.3 Å². The zero-order valence-electron chi connectivity index (χ0n) is 10.5. The van der Waals surface area contributed by atoms with Gasteiger partial charge in [0, 0.05) is 25.0 Å². The summed E-state index contributed by atoms with van der Waals surface area (Å²) in [6.07, 6.45) is 2.72. The number of nitrogens with zero attached hydrogens (tertiary/aromatic N) is 1. The van der Waals surface area contributed by atoms with Crippen LogP contribution in [0.5, 0.6) is 5.75 Å². The smallest absolute Gasteiger partial charge is 0.174 e. The predicted molar refractivity (Wildman–Crippen MR) is 72.7 cm³/mol. The molecule has 0 amide bonds. The lowest BCUT2D eigenvalue weighted by Gasteiger charge is -2.13. The Morgan fingerprint density at radius 2 is 2.22 bits per heavy atom. The van der Waals surface area contributed by atoms with Crippen molar-refractivity contribution in [3.05, 3.63) is 23.8 Å². The molecule has 18 heavy (non-hydrogen) atoms. The first kappa shape index (κ1) is 14.7. The van der Waals surface area contributed by atoms with E-state index in [2.05, 4.69) is 5.16 Å². The van der Waals surface area contributed by atoms with Crippen molar-refractivity contribution in [1.82, 2.24) is 0 Å². The lowest BCUT2D eigenvalue weighted by Crippen LogP contribution is -2.16. The van der Waals surface area contributed by atoms with Crippen molar-refractivity contribution in [2.24, 2.45) is 10.9 Å². The number of hydrogen-bond acceptors (Lipinski definition) is 5. The number of methoxy groups -OCH3 is 1. The van der Waals surface area contributed by atoms with Crippen LogP contribution in [0, 0.1) is 0 Å². The molecule has 5 nitrogen and oxygen atoms in total. The van der Waals surface area contributed by atoms with Crippen LogP contribution in [0.1, 0.15) is 12.0 Å². The van der Waals surface area contributed by atoms with E-state index in [4.69, 9.17) is 20.4 Å². The highest BCUT2D eigenvalue weighted by Gasteiger charge is 2.13. The van der Waals surface area contributed by atoms with Gasteiger partial charge in [0.05, 0.1) is 12.2 Å². The van der Waals surface area contributed by atoms with E-state index in [1.54, 1.807) is 13.2 Å². The molecule has 0 saturated heterocycles. The summed E-state index contributed by atoms with van der Waals surface area (Å²) in [5.41, 5.74) is 6.31. The highest BCUT2D eigenvalue weighted by Crippen LogP contribution is 2.28. The van der Waals surface area contributed by atoms with E-state index in [-0.39, 0.29) is 5.84 Å². The molecule has 0 spiro atoms. The van der Waals surface area contributed by atoms with Crippen LogP contribution in [-0.4, -0.2) is 37.6 Å². The van der Waals surface area contributed by atoms with Crippen molar-refractivity contribution in [2.75, 3.05) is 26.6 Å². The van der Waals surface area contributed by atoms with Crippen LogP contribution >= 0.6 is 11.8 Å². The number of amidine groups is 1. The second-order valence-corrected chi connectivity index (χ2v) is 4.36.